The molecule has 0 radical (unpaired) electrons. The van der Waals surface area contributed by atoms with E-state index in [4.69, 9.17) is 4.74 Å². The molecule has 8 nitrogen and oxygen atoms in total. The number of sulfonamides is 1. The van der Waals surface area contributed by atoms with Crippen LogP contribution in [0.25, 0.3) is 0 Å². The van der Waals surface area contributed by atoms with Gasteiger partial charge in [-0.3, -0.25) is 9.59 Å². The Labute approximate surface area is 189 Å². The minimum atomic E-state index is -3.99. The Hall–Kier alpha value is -2.91. The van der Waals surface area contributed by atoms with E-state index in [-0.39, 0.29) is 30.6 Å². The van der Waals surface area contributed by atoms with E-state index >= 15 is 0 Å². The van der Waals surface area contributed by atoms with Crippen molar-refractivity contribution in [3.05, 3.63) is 60.2 Å². The number of benzene rings is 2. The summed E-state index contributed by atoms with van der Waals surface area (Å²) in [6, 6.07) is 15.1. The second-order valence-corrected chi connectivity index (χ2v) is 10.2. The molecule has 1 atom stereocenters. The predicted molar refractivity (Wildman–Crippen MR) is 120 cm³/mol. The van der Waals surface area contributed by atoms with Crippen molar-refractivity contribution in [1.29, 1.82) is 0 Å². The lowest BCUT2D eigenvalue weighted by molar-refractivity contribution is -0.155. The summed E-state index contributed by atoms with van der Waals surface area (Å²) in [6.45, 7) is 5.05. The molecule has 32 heavy (non-hydrogen) atoms. The molecule has 1 heterocycles. The van der Waals surface area contributed by atoms with Gasteiger partial charge >= 0.3 is 0 Å². The van der Waals surface area contributed by atoms with Crippen LogP contribution in [0.15, 0.2) is 59.5 Å². The zero-order valence-corrected chi connectivity index (χ0v) is 19.6. The van der Waals surface area contributed by atoms with Gasteiger partial charge in [0.05, 0.1) is 18.6 Å². The smallest absolute Gasteiger partial charge is 0.247 e. The normalized spacial score (nSPS) is 19.8. The Morgan fingerprint density at radius 1 is 1.12 bits per heavy atom. The van der Waals surface area contributed by atoms with Crippen LogP contribution in [0.4, 0.5) is 0 Å². The van der Waals surface area contributed by atoms with Crippen molar-refractivity contribution in [2.45, 2.75) is 43.8 Å². The van der Waals surface area contributed by atoms with Crippen LogP contribution >= 0.6 is 0 Å². The van der Waals surface area contributed by atoms with E-state index in [1.54, 1.807) is 19.1 Å². The van der Waals surface area contributed by atoms with Crippen LogP contribution < -0.4 is 10.1 Å². The van der Waals surface area contributed by atoms with E-state index in [1.165, 1.54) is 24.1 Å². The van der Waals surface area contributed by atoms with Gasteiger partial charge in [0.2, 0.25) is 21.8 Å². The fourth-order valence-corrected chi connectivity index (χ4v) is 5.53. The molecule has 1 N–H and O–H groups in total. The minimum Gasteiger partial charge on any atom is -0.497 e. The zero-order chi connectivity index (χ0) is 23.5. The highest BCUT2D eigenvalue weighted by atomic mass is 32.2. The van der Waals surface area contributed by atoms with Crippen molar-refractivity contribution < 1.29 is 22.7 Å². The van der Waals surface area contributed by atoms with E-state index in [2.05, 4.69) is 5.32 Å². The van der Waals surface area contributed by atoms with Gasteiger partial charge in [0.1, 0.15) is 11.3 Å². The molecular weight excluding hydrogens is 430 g/mol. The number of piperazine rings is 1. The average Bonchev–Trinajstić information content (AvgIpc) is 2.77. The van der Waals surface area contributed by atoms with Gasteiger partial charge in [-0.2, -0.15) is 4.31 Å². The van der Waals surface area contributed by atoms with Crippen LogP contribution in [-0.2, 0) is 26.2 Å². The molecular formula is C23H29N3O5S. The van der Waals surface area contributed by atoms with Crippen LogP contribution in [-0.4, -0.2) is 61.2 Å². The zero-order valence-electron chi connectivity index (χ0n) is 18.7. The van der Waals surface area contributed by atoms with Crippen molar-refractivity contribution in [3.8, 4) is 5.75 Å². The van der Waals surface area contributed by atoms with E-state index in [0.29, 0.717) is 5.75 Å². The number of nitrogens with one attached hydrogen (secondary N) is 1. The first-order chi connectivity index (χ1) is 15.1. The quantitative estimate of drug-likeness (QED) is 0.683. The second kappa shape index (κ2) is 9.30. The van der Waals surface area contributed by atoms with Crippen LogP contribution in [0.1, 0.15) is 26.3 Å². The first-order valence-corrected chi connectivity index (χ1v) is 11.8. The third kappa shape index (κ3) is 4.63. The number of methoxy groups -OCH3 is 1. The van der Waals surface area contributed by atoms with Crippen molar-refractivity contribution in [2.75, 3.05) is 20.2 Å². The molecule has 0 unspecified atom stereocenters. The minimum absolute atomic E-state index is 0.0381. The molecule has 2 amide bonds. The molecule has 172 valence electrons. The molecule has 3 rings (SSSR count). The largest absolute Gasteiger partial charge is 0.497 e. The van der Waals surface area contributed by atoms with Crippen LogP contribution in [0, 0.1) is 0 Å². The van der Waals surface area contributed by atoms with Gasteiger partial charge in [0.25, 0.3) is 0 Å². The fourth-order valence-electron chi connectivity index (χ4n) is 4.05. The Morgan fingerprint density at radius 2 is 1.75 bits per heavy atom. The molecule has 9 heteroatoms. The highest BCUT2D eigenvalue weighted by Gasteiger charge is 2.51. The predicted octanol–water partition coefficient (Wildman–Crippen LogP) is 2.01. The molecule has 1 aliphatic rings. The maximum atomic E-state index is 13.3. The lowest BCUT2D eigenvalue weighted by Gasteiger charge is -2.48. The molecule has 0 aliphatic carbocycles. The molecule has 0 bridgehead atoms. The summed E-state index contributed by atoms with van der Waals surface area (Å²) < 4.78 is 32.7. The monoisotopic (exact) mass is 459 g/mol. The van der Waals surface area contributed by atoms with E-state index in [9.17, 15) is 18.0 Å². The molecule has 0 aromatic heterocycles. The molecule has 1 fully saturated rings. The van der Waals surface area contributed by atoms with Crippen LogP contribution in [0.3, 0.4) is 0 Å². The number of nitrogens with zero attached hydrogens (tertiary/aromatic N) is 2. The lowest BCUT2D eigenvalue weighted by atomic mass is 9.93. The van der Waals surface area contributed by atoms with Crippen LogP contribution in [0.5, 0.6) is 5.75 Å². The molecule has 1 saturated heterocycles. The van der Waals surface area contributed by atoms with Gasteiger partial charge < -0.3 is 15.0 Å². The highest BCUT2D eigenvalue weighted by molar-refractivity contribution is 7.89. The van der Waals surface area contributed by atoms with Gasteiger partial charge in [-0.25, -0.2) is 8.42 Å². The Kier molecular flexibility index (Phi) is 6.90. The Morgan fingerprint density at radius 3 is 2.31 bits per heavy atom. The standard InChI is InChI=1S/C23H29N3O5S/c1-17(2)26-21(27)15-25(32(29,30)20-12-10-19(31-4)11-13-20)16-23(26,3)22(28)24-14-18-8-6-5-7-9-18/h5-13,17H,14-16H2,1-4H3,(H,24,28)/t23-/m0/s1. The van der Waals surface area contributed by atoms with Crippen molar-refractivity contribution in [3.63, 3.8) is 0 Å². The molecule has 0 spiro atoms. The summed E-state index contributed by atoms with van der Waals surface area (Å²) in [5, 5.41) is 2.87. The first-order valence-electron chi connectivity index (χ1n) is 10.4. The molecule has 1 aliphatic heterocycles. The fraction of sp³-hybridized carbons (Fsp3) is 0.391. The number of carbonyl (C=O) groups is 2. The van der Waals surface area contributed by atoms with E-state index < -0.39 is 27.4 Å². The third-order valence-corrected chi connectivity index (χ3v) is 7.40. The number of hydrogen-bond donors (Lipinski definition) is 1. The van der Waals surface area contributed by atoms with Crippen LogP contribution in [0.2, 0.25) is 0 Å². The SMILES string of the molecule is COc1ccc(S(=O)(=O)N2CC(=O)N(C(C)C)[C@](C)(C(=O)NCc3ccccc3)C2)cc1. The maximum absolute atomic E-state index is 13.3. The van der Waals surface area contributed by atoms with E-state index in [0.717, 1.165) is 9.87 Å². The highest BCUT2D eigenvalue weighted by Crippen LogP contribution is 2.30. The summed E-state index contributed by atoms with van der Waals surface area (Å²) in [5.41, 5.74) is -0.456. The maximum Gasteiger partial charge on any atom is 0.247 e. The summed E-state index contributed by atoms with van der Waals surface area (Å²) in [4.78, 5) is 27.9. The summed E-state index contributed by atoms with van der Waals surface area (Å²) in [6.07, 6.45) is 0. The number of ether oxygens (including phenoxy) is 1. The van der Waals surface area contributed by atoms with E-state index in [1.807, 2.05) is 44.2 Å². The Bertz CT molecular complexity index is 1070. The van der Waals surface area contributed by atoms with Gasteiger partial charge in [0, 0.05) is 19.1 Å². The second-order valence-electron chi connectivity index (χ2n) is 8.25. The van der Waals surface area contributed by atoms with Gasteiger partial charge in [-0.1, -0.05) is 30.3 Å². The summed E-state index contributed by atoms with van der Waals surface area (Å²) in [7, 11) is -2.50. The molecule has 2 aromatic carbocycles. The number of carbonyl (C=O) groups excluding carboxylic acids is 2. The van der Waals surface area contributed by atoms with Crippen molar-refractivity contribution in [2.24, 2.45) is 0 Å². The first kappa shape index (κ1) is 23.7. The van der Waals surface area contributed by atoms with Gasteiger partial charge in [0.15, 0.2) is 0 Å². The lowest BCUT2D eigenvalue weighted by Crippen LogP contribution is -2.71. The Balaban J connectivity index is 1.89. The molecule has 0 saturated carbocycles. The molecule has 2 aromatic rings. The van der Waals surface area contributed by atoms with Gasteiger partial charge in [-0.15, -0.1) is 0 Å². The van der Waals surface area contributed by atoms with Gasteiger partial charge in [-0.05, 0) is 50.6 Å². The topological polar surface area (TPSA) is 96.0 Å². The number of amides is 2. The summed E-state index contributed by atoms with van der Waals surface area (Å²) in [5.74, 6) is -0.298. The number of rotatable bonds is 7. The number of hydrogen-bond acceptors (Lipinski definition) is 5. The van der Waals surface area contributed by atoms with Crippen molar-refractivity contribution >= 4 is 21.8 Å². The average molecular weight is 460 g/mol. The third-order valence-electron chi connectivity index (χ3n) is 5.59. The van der Waals surface area contributed by atoms with Crippen molar-refractivity contribution in [1.82, 2.24) is 14.5 Å². The summed E-state index contributed by atoms with van der Waals surface area (Å²) >= 11 is 0.